The summed E-state index contributed by atoms with van der Waals surface area (Å²) in [5.74, 6) is -2.79. The molecule has 4 amide bonds. The third-order valence-electron chi connectivity index (χ3n) is 8.40. The Labute approximate surface area is 271 Å². The average molecular weight is 661 g/mol. The Balaban J connectivity index is 1.49. The third kappa shape index (κ3) is 8.65. The summed E-state index contributed by atoms with van der Waals surface area (Å²) in [6, 6.07) is 7.77. The fourth-order valence-corrected chi connectivity index (χ4v) is 5.82. The van der Waals surface area contributed by atoms with E-state index in [-0.39, 0.29) is 71.7 Å². The van der Waals surface area contributed by atoms with Crippen LogP contribution in [0.15, 0.2) is 41.5 Å². The summed E-state index contributed by atoms with van der Waals surface area (Å²) in [7, 11) is 0. The van der Waals surface area contributed by atoms with Crippen molar-refractivity contribution in [1.82, 2.24) is 15.1 Å². The molecule has 2 aliphatic heterocycles. The number of hydrogen-bond donors (Lipinski definition) is 2. The number of carbonyl (C=O) groups is 4. The first-order chi connectivity index (χ1) is 21.4. The Morgan fingerprint density at radius 3 is 2.42 bits per heavy atom. The molecule has 0 bridgehead atoms. The van der Waals surface area contributed by atoms with Gasteiger partial charge < -0.3 is 20.4 Å². The number of halogens is 3. The lowest BCUT2D eigenvalue weighted by atomic mass is 9.82. The van der Waals surface area contributed by atoms with Crippen molar-refractivity contribution in [3.05, 3.63) is 73.8 Å². The first-order valence-electron chi connectivity index (χ1n) is 14.8. The van der Waals surface area contributed by atoms with Gasteiger partial charge in [-0.15, -0.1) is 0 Å². The predicted octanol–water partition coefficient (Wildman–Crippen LogP) is 5.64. The molecule has 0 aromatic heterocycles. The number of nitrogens with one attached hydrogen (secondary N) is 2. The molecule has 2 aromatic rings. The maximum Gasteiger partial charge on any atom is 0.247 e. The van der Waals surface area contributed by atoms with Crippen LogP contribution >= 0.6 is 23.2 Å². The molecule has 2 aromatic carbocycles. The summed E-state index contributed by atoms with van der Waals surface area (Å²) in [5.41, 5.74) is 10.4. The highest BCUT2D eigenvalue weighted by atomic mass is 35.5. The van der Waals surface area contributed by atoms with Gasteiger partial charge in [-0.05, 0) is 53.5 Å². The molecule has 1 saturated heterocycles. The van der Waals surface area contributed by atoms with Gasteiger partial charge in [0, 0.05) is 50.4 Å². The van der Waals surface area contributed by atoms with E-state index in [0.717, 1.165) is 24.0 Å². The number of anilines is 1. The van der Waals surface area contributed by atoms with Crippen LogP contribution in [0.3, 0.4) is 0 Å². The Morgan fingerprint density at radius 1 is 1.07 bits per heavy atom. The molecular weight excluding hydrogens is 624 g/mol. The van der Waals surface area contributed by atoms with Crippen LogP contribution in [-0.4, -0.2) is 65.1 Å². The van der Waals surface area contributed by atoms with Crippen LogP contribution in [0.4, 0.5) is 10.1 Å². The second-order valence-corrected chi connectivity index (χ2v) is 12.9. The molecule has 0 radical (unpaired) electrons. The molecule has 2 heterocycles. The molecule has 2 atom stereocenters. The van der Waals surface area contributed by atoms with Gasteiger partial charge in [0.2, 0.25) is 23.6 Å². The molecule has 14 heteroatoms. The maximum absolute atomic E-state index is 14.7. The molecule has 0 aliphatic carbocycles. The largest absolute Gasteiger partial charge is 0.343 e. The van der Waals surface area contributed by atoms with Crippen LogP contribution in [0.1, 0.15) is 57.1 Å². The Hall–Kier alpha value is -3.86. The topological polar surface area (TPSA) is 148 Å². The van der Waals surface area contributed by atoms with E-state index < -0.39 is 29.7 Å². The van der Waals surface area contributed by atoms with E-state index >= 15 is 0 Å². The van der Waals surface area contributed by atoms with Crippen molar-refractivity contribution in [2.24, 2.45) is 10.5 Å². The van der Waals surface area contributed by atoms with Gasteiger partial charge in [-0.2, -0.15) is 0 Å². The zero-order chi connectivity index (χ0) is 32.7. The van der Waals surface area contributed by atoms with Crippen LogP contribution in [0.25, 0.3) is 10.4 Å². The third-order valence-corrected chi connectivity index (χ3v) is 9.18. The number of azide groups is 1. The number of fused-ring (bicyclic) bond motifs is 1. The number of likely N-dealkylation sites (tertiary alicyclic amines) is 1. The summed E-state index contributed by atoms with van der Waals surface area (Å²) >= 11 is 11.7. The fraction of sp³-hybridized carbons (Fsp3) is 0.484. The average Bonchev–Trinajstić information content (AvgIpc) is 3.02. The molecule has 240 valence electrons. The second kappa shape index (κ2) is 14.9. The van der Waals surface area contributed by atoms with Crippen molar-refractivity contribution in [2.75, 3.05) is 25.0 Å². The molecule has 0 saturated carbocycles. The van der Waals surface area contributed by atoms with Gasteiger partial charge in [-0.3, -0.25) is 19.2 Å². The van der Waals surface area contributed by atoms with Crippen molar-refractivity contribution < 1.29 is 23.6 Å². The number of rotatable bonds is 10. The van der Waals surface area contributed by atoms with Crippen LogP contribution in [-0.2, 0) is 32.1 Å². The van der Waals surface area contributed by atoms with E-state index in [2.05, 4.69) is 34.5 Å². The normalized spacial score (nSPS) is 17.8. The number of nitrogens with zero attached hydrogens (tertiary/aromatic N) is 5. The molecule has 4 rings (SSSR count). The van der Waals surface area contributed by atoms with Gasteiger partial charge in [0.15, 0.2) is 5.82 Å². The van der Waals surface area contributed by atoms with Crippen molar-refractivity contribution in [1.29, 1.82) is 0 Å². The highest BCUT2D eigenvalue weighted by Gasteiger charge is 2.37. The molecule has 45 heavy (non-hydrogen) atoms. The summed E-state index contributed by atoms with van der Waals surface area (Å²) in [5, 5.41) is 8.12. The number of carbonyl (C=O) groups excluding carboxylic acids is 4. The van der Waals surface area contributed by atoms with Gasteiger partial charge in [-0.1, -0.05) is 66.4 Å². The van der Waals surface area contributed by atoms with E-state index in [0.29, 0.717) is 13.1 Å². The molecule has 1 unspecified atom stereocenters. The zero-order valence-corrected chi connectivity index (χ0v) is 26.7. The molecule has 1 fully saturated rings. The molecular formula is C31H36Cl2FN7O4. The number of hydrogen-bond acceptors (Lipinski definition) is 5. The molecule has 0 spiro atoms. The summed E-state index contributed by atoms with van der Waals surface area (Å²) < 4.78 is 14.7. The Bertz CT molecular complexity index is 1500. The lowest BCUT2D eigenvalue weighted by Crippen LogP contribution is -2.56. The lowest BCUT2D eigenvalue weighted by molar-refractivity contribution is -0.144. The summed E-state index contributed by atoms with van der Waals surface area (Å²) in [6.07, 6.45) is 1.84. The monoisotopic (exact) mass is 659 g/mol. The smallest absolute Gasteiger partial charge is 0.247 e. The standard InChI is InChI=1S/C31H36Cl2FN7O4/c1-31(2)12-15-40(16-13-31)25(42)9-10-26(43)41-18-20-6-4-3-5-19(20)17-24(41)30(45)38-23(11-14-36-39-35)29(44)37-22-8-7-21(32)27(33)28(22)34/h3-8,23-24H,9-18H2,1-2H3,(H,37,44)(H,38,45)/t23?,24-/m0/s1. The van der Waals surface area contributed by atoms with E-state index in [1.165, 1.54) is 17.0 Å². The highest BCUT2D eigenvalue weighted by Crippen LogP contribution is 2.31. The Kier molecular flexibility index (Phi) is 11.3. The summed E-state index contributed by atoms with van der Waals surface area (Å²) in [4.78, 5) is 59.4. The Morgan fingerprint density at radius 2 is 1.73 bits per heavy atom. The molecule has 2 N–H and O–H groups in total. The van der Waals surface area contributed by atoms with Gasteiger partial charge >= 0.3 is 0 Å². The first kappa shape index (κ1) is 34.0. The predicted molar refractivity (Wildman–Crippen MR) is 169 cm³/mol. The number of benzene rings is 2. The second-order valence-electron chi connectivity index (χ2n) is 12.1. The zero-order valence-electron chi connectivity index (χ0n) is 25.2. The van der Waals surface area contributed by atoms with E-state index in [1.54, 1.807) is 4.90 Å². The fourth-order valence-electron chi connectivity index (χ4n) is 5.51. The number of piperidine rings is 1. The van der Waals surface area contributed by atoms with Gasteiger partial charge in [0.1, 0.15) is 12.1 Å². The van der Waals surface area contributed by atoms with Crippen molar-refractivity contribution in [2.45, 2.75) is 71.0 Å². The minimum atomic E-state index is -1.24. The van der Waals surface area contributed by atoms with Crippen molar-refractivity contribution >= 4 is 52.5 Å². The number of amides is 4. The lowest BCUT2D eigenvalue weighted by Gasteiger charge is -2.38. The van der Waals surface area contributed by atoms with E-state index in [1.807, 2.05) is 24.3 Å². The minimum Gasteiger partial charge on any atom is -0.343 e. The first-order valence-corrected chi connectivity index (χ1v) is 15.6. The maximum atomic E-state index is 14.7. The van der Waals surface area contributed by atoms with Gasteiger partial charge in [0.05, 0.1) is 15.7 Å². The SMILES string of the molecule is CC1(C)CCN(C(=O)CCC(=O)N2Cc3ccccc3C[C@H]2C(=O)NC(CCN=[N+]=[N-])C(=O)Nc2ccc(Cl)c(Cl)c2F)CC1. The van der Waals surface area contributed by atoms with Crippen LogP contribution in [0, 0.1) is 11.2 Å². The van der Waals surface area contributed by atoms with Crippen LogP contribution < -0.4 is 10.6 Å². The molecule has 2 aliphatic rings. The van der Waals surface area contributed by atoms with Crippen LogP contribution in [0.2, 0.25) is 10.0 Å². The molecule has 11 nitrogen and oxygen atoms in total. The van der Waals surface area contributed by atoms with Gasteiger partial charge in [0.25, 0.3) is 0 Å². The van der Waals surface area contributed by atoms with Crippen molar-refractivity contribution in [3.63, 3.8) is 0 Å². The van der Waals surface area contributed by atoms with E-state index in [4.69, 9.17) is 28.7 Å². The minimum absolute atomic E-state index is 0.0260. The van der Waals surface area contributed by atoms with Crippen LogP contribution in [0.5, 0.6) is 0 Å². The van der Waals surface area contributed by atoms with Gasteiger partial charge in [-0.25, -0.2) is 4.39 Å². The highest BCUT2D eigenvalue weighted by molar-refractivity contribution is 6.42. The summed E-state index contributed by atoms with van der Waals surface area (Å²) in [6.45, 7) is 5.66. The quantitative estimate of drug-likeness (QED) is 0.147. The van der Waals surface area contributed by atoms with E-state index in [9.17, 15) is 23.6 Å². The van der Waals surface area contributed by atoms with Crippen molar-refractivity contribution in [3.8, 4) is 0 Å².